The molecule has 1 aliphatic rings. The van der Waals surface area contributed by atoms with E-state index >= 15 is 0 Å². The van der Waals surface area contributed by atoms with E-state index in [1.54, 1.807) is 11.0 Å². The summed E-state index contributed by atoms with van der Waals surface area (Å²) in [5.41, 5.74) is 0.465. The molecule has 2 rings (SSSR count). The number of nitrogens with one attached hydrogen (secondary N) is 1. The van der Waals surface area contributed by atoms with Gasteiger partial charge in [-0.25, -0.2) is 4.98 Å². The number of halogens is 1. The van der Waals surface area contributed by atoms with Crippen molar-refractivity contribution in [3.63, 3.8) is 0 Å². The third-order valence-corrected chi connectivity index (χ3v) is 3.18. The zero-order valence-electron chi connectivity index (χ0n) is 10.6. The van der Waals surface area contributed by atoms with Gasteiger partial charge >= 0.3 is 11.8 Å². The van der Waals surface area contributed by atoms with Gasteiger partial charge in [0.15, 0.2) is 0 Å². The molecule has 102 valence electrons. The van der Waals surface area contributed by atoms with Gasteiger partial charge in [0.25, 0.3) is 0 Å². The van der Waals surface area contributed by atoms with Crippen molar-refractivity contribution in [2.45, 2.75) is 0 Å². The highest BCUT2D eigenvalue weighted by atomic mass is 35.5. The highest BCUT2D eigenvalue weighted by molar-refractivity contribution is 6.39. The van der Waals surface area contributed by atoms with Crippen LogP contribution in [0, 0.1) is 0 Å². The molecule has 0 aromatic carbocycles. The van der Waals surface area contributed by atoms with Crippen molar-refractivity contribution in [2.24, 2.45) is 0 Å². The number of amides is 2. The lowest BCUT2D eigenvalue weighted by atomic mass is 10.3. The van der Waals surface area contributed by atoms with E-state index in [9.17, 15) is 9.59 Å². The predicted octanol–water partition coefficient (Wildman–Crippen LogP) is 0.447. The van der Waals surface area contributed by atoms with Crippen LogP contribution in [0.25, 0.3) is 0 Å². The number of hydrogen-bond acceptors (Lipinski definition) is 4. The number of rotatable bonds is 1. The van der Waals surface area contributed by atoms with Gasteiger partial charge in [-0.1, -0.05) is 11.6 Å². The van der Waals surface area contributed by atoms with Gasteiger partial charge in [-0.05, 0) is 19.2 Å². The molecule has 0 radical (unpaired) electrons. The van der Waals surface area contributed by atoms with Crippen molar-refractivity contribution < 1.29 is 9.59 Å². The Morgan fingerprint density at radius 2 is 2.00 bits per heavy atom. The molecule has 0 unspecified atom stereocenters. The summed E-state index contributed by atoms with van der Waals surface area (Å²) in [4.78, 5) is 31.2. The SMILES string of the molecule is CN1CCN(C(=O)C(=O)Nc2ccnc(Cl)c2)CC1. The molecule has 1 fully saturated rings. The van der Waals surface area contributed by atoms with Crippen LogP contribution in [0.2, 0.25) is 5.15 Å². The highest BCUT2D eigenvalue weighted by Gasteiger charge is 2.24. The number of carbonyl (C=O) groups is 2. The van der Waals surface area contributed by atoms with Crippen LogP contribution in [0.15, 0.2) is 18.3 Å². The summed E-state index contributed by atoms with van der Waals surface area (Å²) >= 11 is 5.71. The first-order valence-corrected chi connectivity index (χ1v) is 6.34. The van der Waals surface area contributed by atoms with Crippen LogP contribution in [0.1, 0.15) is 0 Å². The van der Waals surface area contributed by atoms with E-state index in [1.807, 2.05) is 7.05 Å². The number of hydrogen-bond donors (Lipinski definition) is 1. The number of pyridine rings is 1. The molecular formula is C12H15ClN4O2. The molecule has 1 aromatic rings. The van der Waals surface area contributed by atoms with E-state index in [0.29, 0.717) is 18.8 Å². The fraction of sp³-hybridized carbons (Fsp3) is 0.417. The van der Waals surface area contributed by atoms with Gasteiger partial charge in [0.05, 0.1) is 0 Å². The van der Waals surface area contributed by atoms with Crippen LogP contribution in [-0.2, 0) is 9.59 Å². The molecular weight excluding hydrogens is 268 g/mol. The maximum atomic E-state index is 11.9. The Balaban J connectivity index is 1.94. The summed E-state index contributed by atoms with van der Waals surface area (Å²) < 4.78 is 0. The zero-order valence-corrected chi connectivity index (χ0v) is 11.4. The van der Waals surface area contributed by atoms with Crippen molar-refractivity contribution in [1.82, 2.24) is 14.8 Å². The molecule has 0 bridgehead atoms. The lowest BCUT2D eigenvalue weighted by Crippen LogP contribution is -2.50. The second-order valence-corrected chi connectivity index (χ2v) is 4.80. The fourth-order valence-electron chi connectivity index (χ4n) is 1.82. The average Bonchev–Trinajstić information content (AvgIpc) is 2.39. The largest absolute Gasteiger partial charge is 0.332 e. The topological polar surface area (TPSA) is 65.5 Å². The van der Waals surface area contributed by atoms with E-state index in [4.69, 9.17) is 11.6 Å². The first-order valence-electron chi connectivity index (χ1n) is 5.96. The van der Waals surface area contributed by atoms with Crippen LogP contribution < -0.4 is 5.32 Å². The molecule has 2 heterocycles. The van der Waals surface area contributed by atoms with E-state index in [-0.39, 0.29) is 5.15 Å². The molecule has 1 aromatic heterocycles. The Kier molecular flexibility index (Phi) is 4.34. The third-order valence-electron chi connectivity index (χ3n) is 2.97. The average molecular weight is 283 g/mol. The van der Waals surface area contributed by atoms with Gasteiger partial charge in [-0.15, -0.1) is 0 Å². The molecule has 0 saturated carbocycles. The minimum atomic E-state index is -0.646. The van der Waals surface area contributed by atoms with Crippen LogP contribution in [0.4, 0.5) is 5.69 Å². The third kappa shape index (κ3) is 3.65. The molecule has 2 amide bonds. The minimum absolute atomic E-state index is 0.268. The summed E-state index contributed by atoms with van der Waals surface area (Å²) in [6.45, 7) is 2.69. The maximum absolute atomic E-state index is 11.9. The van der Waals surface area contributed by atoms with Crippen LogP contribution in [0.5, 0.6) is 0 Å². The molecule has 0 atom stereocenters. The van der Waals surface area contributed by atoms with Gasteiger partial charge in [-0.3, -0.25) is 9.59 Å². The summed E-state index contributed by atoms with van der Waals surface area (Å²) in [5, 5.41) is 2.79. The second-order valence-electron chi connectivity index (χ2n) is 4.42. The number of likely N-dealkylation sites (N-methyl/N-ethyl adjacent to an activating group) is 1. The van der Waals surface area contributed by atoms with E-state index in [0.717, 1.165) is 13.1 Å². The highest BCUT2D eigenvalue weighted by Crippen LogP contribution is 2.12. The normalized spacial score (nSPS) is 16.2. The lowest BCUT2D eigenvalue weighted by Gasteiger charge is -2.31. The maximum Gasteiger partial charge on any atom is 0.313 e. The van der Waals surface area contributed by atoms with E-state index in [1.165, 1.54) is 12.3 Å². The van der Waals surface area contributed by atoms with Gasteiger partial charge in [0.2, 0.25) is 0 Å². The second kappa shape index (κ2) is 5.99. The molecule has 6 nitrogen and oxygen atoms in total. The van der Waals surface area contributed by atoms with Crippen molar-refractivity contribution >= 4 is 29.1 Å². The Morgan fingerprint density at radius 1 is 1.32 bits per heavy atom. The summed E-state index contributed by atoms with van der Waals surface area (Å²) in [5.74, 6) is -1.16. The number of nitrogens with zero attached hydrogens (tertiary/aromatic N) is 3. The number of aromatic nitrogens is 1. The number of anilines is 1. The van der Waals surface area contributed by atoms with E-state index < -0.39 is 11.8 Å². The van der Waals surface area contributed by atoms with Crippen LogP contribution in [0.3, 0.4) is 0 Å². The first-order chi connectivity index (χ1) is 9.06. The summed E-state index contributed by atoms with van der Waals surface area (Å²) in [6.07, 6.45) is 1.47. The van der Waals surface area contributed by atoms with Crippen molar-refractivity contribution in [3.05, 3.63) is 23.5 Å². The van der Waals surface area contributed by atoms with Gasteiger partial charge in [-0.2, -0.15) is 0 Å². The van der Waals surface area contributed by atoms with Gasteiger partial charge in [0.1, 0.15) is 5.15 Å². The Bertz CT molecular complexity index is 486. The van der Waals surface area contributed by atoms with Gasteiger partial charge in [0, 0.05) is 38.1 Å². The minimum Gasteiger partial charge on any atom is -0.332 e. The Morgan fingerprint density at radius 3 is 2.63 bits per heavy atom. The molecule has 1 N–H and O–H groups in total. The quantitative estimate of drug-likeness (QED) is 0.600. The summed E-state index contributed by atoms with van der Waals surface area (Å²) in [6, 6.07) is 3.08. The van der Waals surface area contributed by atoms with Gasteiger partial charge < -0.3 is 15.1 Å². The predicted molar refractivity (Wildman–Crippen MR) is 72.0 cm³/mol. The van der Waals surface area contributed by atoms with Crippen molar-refractivity contribution in [3.8, 4) is 0 Å². The van der Waals surface area contributed by atoms with E-state index in [2.05, 4.69) is 15.2 Å². The molecule has 0 spiro atoms. The summed E-state index contributed by atoms with van der Waals surface area (Å²) in [7, 11) is 1.99. The Hall–Kier alpha value is -1.66. The zero-order chi connectivity index (χ0) is 13.8. The Labute approximate surface area is 116 Å². The standard InChI is InChI=1S/C12H15ClN4O2/c1-16-4-6-17(7-5-16)12(19)11(18)15-9-2-3-14-10(13)8-9/h2-3,8H,4-7H2,1H3,(H,14,15,18). The molecule has 19 heavy (non-hydrogen) atoms. The molecule has 0 aliphatic carbocycles. The first kappa shape index (κ1) is 13.8. The fourth-order valence-corrected chi connectivity index (χ4v) is 1.99. The molecule has 1 saturated heterocycles. The molecule has 7 heteroatoms. The van der Waals surface area contributed by atoms with Crippen LogP contribution in [-0.4, -0.2) is 59.8 Å². The lowest BCUT2D eigenvalue weighted by molar-refractivity contribution is -0.144. The number of carbonyl (C=O) groups excluding carboxylic acids is 2. The number of piperazine rings is 1. The van der Waals surface area contributed by atoms with Crippen molar-refractivity contribution in [1.29, 1.82) is 0 Å². The van der Waals surface area contributed by atoms with Crippen molar-refractivity contribution in [2.75, 3.05) is 38.5 Å². The monoisotopic (exact) mass is 282 g/mol. The van der Waals surface area contributed by atoms with Crippen LogP contribution >= 0.6 is 11.6 Å². The molecule has 1 aliphatic heterocycles. The smallest absolute Gasteiger partial charge is 0.313 e.